The van der Waals surface area contributed by atoms with Crippen LogP contribution in [0.15, 0.2) is 16.7 Å². The number of hydrogen-bond donors (Lipinski definition) is 0. The SMILES string of the molecule is CCc1occc1C(=O)N1C2CCC1CC(Br)C2. The van der Waals surface area contributed by atoms with Crippen LogP contribution in [0.2, 0.25) is 0 Å². The Balaban J connectivity index is 1.85. The molecule has 2 atom stereocenters. The molecule has 2 saturated heterocycles. The van der Waals surface area contributed by atoms with Crippen molar-refractivity contribution < 1.29 is 9.21 Å². The van der Waals surface area contributed by atoms with Crippen LogP contribution in [-0.2, 0) is 6.42 Å². The molecule has 2 fully saturated rings. The van der Waals surface area contributed by atoms with E-state index in [1.807, 2.05) is 13.0 Å². The number of alkyl halides is 1. The zero-order valence-corrected chi connectivity index (χ0v) is 12.1. The number of halogens is 1. The van der Waals surface area contributed by atoms with E-state index in [0.29, 0.717) is 16.9 Å². The fourth-order valence-corrected chi connectivity index (χ4v) is 4.25. The molecule has 0 saturated carbocycles. The van der Waals surface area contributed by atoms with E-state index in [0.717, 1.165) is 43.4 Å². The van der Waals surface area contributed by atoms with E-state index in [9.17, 15) is 4.79 Å². The maximum Gasteiger partial charge on any atom is 0.257 e. The average Bonchev–Trinajstić information content (AvgIpc) is 2.92. The molecule has 4 heteroatoms. The summed E-state index contributed by atoms with van der Waals surface area (Å²) in [5.41, 5.74) is 0.766. The third kappa shape index (κ3) is 1.91. The van der Waals surface area contributed by atoms with Gasteiger partial charge in [0.2, 0.25) is 0 Å². The predicted molar refractivity (Wildman–Crippen MR) is 73.0 cm³/mol. The van der Waals surface area contributed by atoms with Gasteiger partial charge in [-0.05, 0) is 31.7 Å². The molecule has 3 nitrogen and oxygen atoms in total. The van der Waals surface area contributed by atoms with Crippen molar-refractivity contribution in [2.24, 2.45) is 0 Å². The van der Waals surface area contributed by atoms with Crippen LogP contribution in [-0.4, -0.2) is 27.7 Å². The van der Waals surface area contributed by atoms with Gasteiger partial charge in [-0.3, -0.25) is 4.79 Å². The van der Waals surface area contributed by atoms with E-state index in [1.165, 1.54) is 0 Å². The zero-order chi connectivity index (χ0) is 12.7. The molecule has 98 valence electrons. The Morgan fingerprint density at radius 3 is 2.72 bits per heavy atom. The number of carbonyl (C=O) groups excluding carboxylic acids is 1. The largest absolute Gasteiger partial charge is 0.469 e. The van der Waals surface area contributed by atoms with Gasteiger partial charge in [-0.1, -0.05) is 22.9 Å². The molecule has 1 aromatic rings. The molecule has 18 heavy (non-hydrogen) atoms. The van der Waals surface area contributed by atoms with Crippen molar-refractivity contribution >= 4 is 21.8 Å². The second-order valence-electron chi connectivity index (χ2n) is 5.28. The number of furan rings is 1. The first-order chi connectivity index (χ1) is 8.70. The van der Waals surface area contributed by atoms with Crippen LogP contribution in [0.5, 0.6) is 0 Å². The number of fused-ring (bicyclic) bond motifs is 2. The predicted octanol–water partition coefficient (Wildman–Crippen LogP) is 3.37. The van der Waals surface area contributed by atoms with Gasteiger partial charge in [-0.25, -0.2) is 0 Å². The lowest BCUT2D eigenvalue weighted by molar-refractivity contribution is 0.0601. The third-order valence-electron chi connectivity index (χ3n) is 4.21. The van der Waals surface area contributed by atoms with E-state index >= 15 is 0 Å². The smallest absolute Gasteiger partial charge is 0.257 e. The summed E-state index contributed by atoms with van der Waals surface area (Å²) < 4.78 is 5.38. The Morgan fingerprint density at radius 1 is 1.44 bits per heavy atom. The van der Waals surface area contributed by atoms with Crippen molar-refractivity contribution in [2.45, 2.75) is 55.9 Å². The molecule has 0 N–H and O–H groups in total. The highest BCUT2D eigenvalue weighted by atomic mass is 79.9. The van der Waals surface area contributed by atoms with Gasteiger partial charge >= 0.3 is 0 Å². The number of aryl methyl sites for hydroxylation is 1. The first-order valence-electron chi connectivity index (χ1n) is 6.73. The van der Waals surface area contributed by atoms with Crippen LogP contribution < -0.4 is 0 Å². The lowest BCUT2D eigenvalue weighted by Crippen LogP contribution is -2.46. The first-order valence-corrected chi connectivity index (χ1v) is 7.65. The second kappa shape index (κ2) is 4.72. The molecule has 3 rings (SSSR count). The summed E-state index contributed by atoms with van der Waals surface area (Å²) >= 11 is 3.71. The van der Waals surface area contributed by atoms with Gasteiger partial charge in [0.15, 0.2) is 0 Å². The van der Waals surface area contributed by atoms with Gasteiger partial charge in [0.1, 0.15) is 5.76 Å². The maximum atomic E-state index is 12.7. The third-order valence-corrected chi connectivity index (χ3v) is 4.95. The Bertz CT molecular complexity index is 442. The lowest BCUT2D eigenvalue weighted by Gasteiger charge is -2.37. The highest BCUT2D eigenvalue weighted by molar-refractivity contribution is 9.09. The van der Waals surface area contributed by atoms with E-state index in [1.54, 1.807) is 6.26 Å². The molecule has 1 aromatic heterocycles. The van der Waals surface area contributed by atoms with Crippen molar-refractivity contribution in [3.05, 3.63) is 23.7 Å². The normalized spacial score (nSPS) is 30.8. The van der Waals surface area contributed by atoms with Crippen LogP contribution in [0.3, 0.4) is 0 Å². The van der Waals surface area contributed by atoms with Gasteiger partial charge in [-0.15, -0.1) is 0 Å². The molecule has 0 aromatic carbocycles. The van der Waals surface area contributed by atoms with Crippen molar-refractivity contribution in [3.63, 3.8) is 0 Å². The number of carbonyl (C=O) groups is 1. The summed E-state index contributed by atoms with van der Waals surface area (Å²) in [6.45, 7) is 2.02. The molecule has 0 aliphatic carbocycles. The van der Waals surface area contributed by atoms with Crippen LogP contribution in [0, 0.1) is 0 Å². The summed E-state index contributed by atoms with van der Waals surface area (Å²) in [6, 6.07) is 2.65. The minimum Gasteiger partial charge on any atom is -0.469 e. The molecule has 2 aliphatic rings. The van der Waals surface area contributed by atoms with Crippen LogP contribution >= 0.6 is 15.9 Å². The second-order valence-corrected chi connectivity index (χ2v) is 6.57. The summed E-state index contributed by atoms with van der Waals surface area (Å²) in [5, 5.41) is 0. The topological polar surface area (TPSA) is 33.5 Å². The highest BCUT2D eigenvalue weighted by Crippen LogP contribution is 2.39. The Morgan fingerprint density at radius 2 is 2.11 bits per heavy atom. The number of amides is 1. The molecule has 3 heterocycles. The molecule has 0 spiro atoms. The summed E-state index contributed by atoms with van der Waals surface area (Å²) in [6.07, 6.45) is 6.88. The zero-order valence-electron chi connectivity index (χ0n) is 10.6. The maximum absolute atomic E-state index is 12.7. The number of rotatable bonds is 2. The molecule has 2 bridgehead atoms. The summed E-state index contributed by atoms with van der Waals surface area (Å²) in [7, 11) is 0. The quantitative estimate of drug-likeness (QED) is 0.785. The fourth-order valence-electron chi connectivity index (χ4n) is 3.39. The lowest BCUT2D eigenvalue weighted by atomic mass is 10.0. The van der Waals surface area contributed by atoms with Crippen LogP contribution in [0.1, 0.15) is 48.7 Å². The van der Waals surface area contributed by atoms with Gasteiger partial charge in [-0.2, -0.15) is 0 Å². The Labute approximate surface area is 116 Å². The minimum atomic E-state index is 0.174. The molecule has 0 radical (unpaired) electrons. The first kappa shape index (κ1) is 12.3. The van der Waals surface area contributed by atoms with Gasteiger partial charge in [0.25, 0.3) is 5.91 Å². The van der Waals surface area contributed by atoms with E-state index in [2.05, 4.69) is 20.8 Å². The van der Waals surface area contributed by atoms with Crippen molar-refractivity contribution in [1.29, 1.82) is 0 Å². The standard InChI is InChI=1S/C14H18BrNO2/c1-2-13-12(5-6-18-13)14(17)16-10-3-4-11(16)8-9(15)7-10/h5-6,9-11H,2-4,7-8H2,1H3. The van der Waals surface area contributed by atoms with Crippen molar-refractivity contribution in [2.75, 3.05) is 0 Å². The monoisotopic (exact) mass is 311 g/mol. The molecular weight excluding hydrogens is 294 g/mol. The number of nitrogens with zero attached hydrogens (tertiary/aromatic N) is 1. The van der Waals surface area contributed by atoms with Gasteiger partial charge in [0.05, 0.1) is 11.8 Å². The fraction of sp³-hybridized carbons (Fsp3) is 0.643. The van der Waals surface area contributed by atoms with Gasteiger partial charge < -0.3 is 9.32 Å². The summed E-state index contributed by atoms with van der Waals surface area (Å²) in [5.74, 6) is 0.993. The van der Waals surface area contributed by atoms with Crippen molar-refractivity contribution in [1.82, 2.24) is 4.90 Å². The molecule has 1 amide bonds. The molecule has 2 aliphatic heterocycles. The number of piperidine rings is 1. The Kier molecular flexibility index (Phi) is 3.22. The van der Waals surface area contributed by atoms with E-state index in [-0.39, 0.29) is 5.91 Å². The molecular formula is C14H18BrNO2. The minimum absolute atomic E-state index is 0.174. The molecule has 2 unspecified atom stereocenters. The van der Waals surface area contributed by atoms with Crippen LogP contribution in [0.4, 0.5) is 0 Å². The van der Waals surface area contributed by atoms with Gasteiger partial charge in [0, 0.05) is 23.3 Å². The van der Waals surface area contributed by atoms with Crippen molar-refractivity contribution in [3.8, 4) is 0 Å². The van der Waals surface area contributed by atoms with Crippen LogP contribution in [0.25, 0.3) is 0 Å². The average molecular weight is 312 g/mol. The summed E-state index contributed by atoms with van der Waals surface area (Å²) in [4.78, 5) is 15.3. The van der Waals surface area contributed by atoms with E-state index < -0.39 is 0 Å². The highest BCUT2D eigenvalue weighted by Gasteiger charge is 2.43. The number of hydrogen-bond acceptors (Lipinski definition) is 2. The Hall–Kier alpha value is -0.770. The van der Waals surface area contributed by atoms with E-state index in [4.69, 9.17) is 4.42 Å².